The molecule has 1 aromatic carbocycles. The van der Waals surface area contributed by atoms with Gasteiger partial charge in [0.15, 0.2) is 0 Å². The first kappa shape index (κ1) is 14.9. The van der Waals surface area contributed by atoms with E-state index < -0.39 is 5.97 Å². The Morgan fingerprint density at radius 1 is 1.29 bits per heavy atom. The number of carbonyl (C=O) groups is 1. The van der Waals surface area contributed by atoms with Gasteiger partial charge in [-0.2, -0.15) is 0 Å². The van der Waals surface area contributed by atoms with Crippen LogP contribution in [0.1, 0.15) is 22.2 Å². The molecule has 24 heavy (non-hydrogen) atoms. The number of nitrogens with zero attached hydrogens (tertiary/aromatic N) is 1. The van der Waals surface area contributed by atoms with Crippen molar-refractivity contribution in [3.63, 3.8) is 0 Å². The molecule has 1 atom stereocenters. The topological polar surface area (TPSA) is 87.2 Å². The third-order valence-electron chi connectivity index (χ3n) is 4.28. The number of benzene rings is 1. The van der Waals surface area contributed by atoms with Gasteiger partial charge in [-0.15, -0.1) is 0 Å². The number of rotatable bonds is 3. The fourth-order valence-electron chi connectivity index (χ4n) is 3.01. The van der Waals surface area contributed by atoms with Crippen molar-refractivity contribution in [2.75, 3.05) is 19.7 Å². The lowest BCUT2D eigenvalue weighted by Gasteiger charge is -2.23. The van der Waals surface area contributed by atoms with E-state index in [2.05, 4.69) is 15.3 Å². The lowest BCUT2D eigenvalue weighted by molar-refractivity contribution is 0.0250. The molecular formula is C18H17N3O3. The average molecular weight is 323 g/mol. The van der Waals surface area contributed by atoms with Crippen LogP contribution >= 0.6 is 0 Å². The number of morpholine rings is 1. The summed E-state index contributed by atoms with van der Waals surface area (Å²) in [7, 11) is 0. The molecule has 0 bridgehead atoms. The van der Waals surface area contributed by atoms with Crippen molar-refractivity contribution >= 4 is 16.9 Å². The van der Waals surface area contributed by atoms with Crippen molar-refractivity contribution in [3.8, 4) is 11.1 Å². The summed E-state index contributed by atoms with van der Waals surface area (Å²) in [6.07, 6.45) is 3.71. The molecule has 4 rings (SSSR count). The van der Waals surface area contributed by atoms with Crippen LogP contribution in [0.3, 0.4) is 0 Å². The van der Waals surface area contributed by atoms with E-state index in [9.17, 15) is 4.79 Å². The molecule has 6 heteroatoms. The van der Waals surface area contributed by atoms with E-state index in [4.69, 9.17) is 9.84 Å². The van der Waals surface area contributed by atoms with Crippen LogP contribution in [0.2, 0.25) is 0 Å². The molecule has 0 aliphatic carbocycles. The number of fused-ring (bicyclic) bond motifs is 1. The zero-order valence-corrected chi connectivity index (χ0v) is 13.0. The fourth-order valence-corrected chi connectivity index (χ4v) is 3.01. The van der Waals surface area contributed by atoms with Crippen LogP contribution in [0.4, 0.5) is 0 Å². The lowest BCUT2D eigenvalue weighted by Crippen LogP contribution is -2.33. The highest BCUT2D eigenvalue weighted by Gasteiger charge is 2.17. The molecule has 1 fully saturated rings. The van der Waals surface area contributed by atoms with Gasteiger partial charge in [0.25, 0.3) is 0 Å². The van der Waals surface area contributed by atoms with Crippen LogP contribution < -0.4 is 5.32 Å². The number of hydrogen-bond donors (Lipinski definition) is 3. The minimum absolute atomic E-state index is 0.00565. The Morgan fingerprint density at radius 3 is 2.92 bits per heavy atom. The Hall–Kier alpha value is -2.70. The summed E-state index contributed by atoms with van der Waals surface area (Å²) in [6, 6.07) is 9.09. The molecule has 122 valence electrons. The number of carboxylic acid groups (broad SMARTS) is 1. The highest BCUT2D eigenvalue weighted by molar-refractivity contribution is 5.99. The summed E-state index contributed by atoms with van der Waals surface area (Å²) in [6.45, 7) is 2.35. The number of nitrogens with one attached hydrogen (secondary N) is 2. The summed E-state index contributed by atoms with van der Waals surface area (Å²) < 4.78 is 5.71. The molecule has 0 saturated carbocycles. The standard InChI is InChI=1S/C18H17N3O3/c22-18(23)11-1-3-13-14(9-21-16(13)7-11)12-2-4-15(20-8-12)17-10-19-5-6-24-17/h1-4,7-9,17,19,21H,5-6,10H2,(H,22,23). The van der Waals surface area contributed by atoms with E-state index in [1.54, 1.807) is 12.1 Å². The van der Waals surface area contributed by atoms with E-state index in [0.29, 0.717) is 6.61 Å². The third-order valence-corrected chi connectivity index (χ3v) is 4.28. The smallest absolute Gasteiger partial charge is 0.335 e. The number of pyridine rings is 1. The second-order valence-electron chi connectivity index (χ2n) is 5.80. The Bertz CT molecular complexity index is 880. The number of hydrogen-bond acceptors (Lipinski definition) is 4. The van der Waals surface area contributed by atoms with Crippen molar-refractivity contribution in [2.45, 2.75) is 6.10 Å². The number of carboxylic acids is 1. The van der Waals surface area contributed by atoms with E-state index in [-0.39, 0.29) is 11.7 Å². The number of H-pyrrole nitrogens is 1. The first-order valence-corrected chi connectivity index (χ1v) is 7.85. The number of aromatic amines is 1. The lowest BCUT2D eigenvalue weighted by atomic mass is 10.0. The van der Waals surface area contributed by atoms with Gasteiger partial charge in [0.05, 0.1) is 17.9 Å². The van der Waals surface area contributed by atoms with E-state index in [0.717, 1.165) is 40.8 Å². The number of ether oxygens (including phenoxy) is 1. The Morgan fingerprint density at radius 2 is 2.21 bits per heavy atom. The molecule has 3 aromatic rings. The van der Waals surface area contributed by atoms with Gasteiger partial charge in [-0.05, 0) is 18.2 Å². The van der Waals surface area contributed by atoms with Crippen molar-refractivity contribution in [2.24, 2.45) is 0 Å². The second kappa shape index (κ2) is 6.07. The second-order valence-corrected chi connectivity index (χ2v) is 5.80. The third kappa shape index (κ3) is 2.66. The molecule has 2 aromatic heterocycles. The van der Waals surface area contributed by atoms with Crippen molar-refractivity contribution in [1.29, 1.82) is 0 Å². The van der Waals surface area contributed by atoms with Gasteiger partial charge in [0.1, 0.15) is 6.10 Å². The molecule has 3 heterocycles. The predicted octanol–water partition coefficient (Wildman–Crippen LogP) is 2.59. The van der Waals surface area contributed by atoms with Crippen LogP contribution in [0.15, 0.2) is 42.7 Å². The fraction of sp³-hybridized carbons (Fsp3) is 0.222. The summed E-state index contributed by atoms with van der Waals surface area (Å²) in [5, 5.41) is 13.4. The van der Waals surface area contributed by atoms with Gasteiger partial charge in [0, 0.05) is 47.5 Å². The maximum atomic E-state index is 11.1. The van der Waals surface area contributed by atoms with Crippen molar-refractivity contribution in [1.82, 2.24) is 15.3 Å². The molecule has 3 N–H and O–H groups in total. The molecule has 0 amide bonds. The van der Waals surface area contributed by atoms with Crippen LogP contribution in [0.25, 0.3) is 22.0 Å². The number of aromatic nitrogens is 2. The molecule has 1 aliphatic heterocycles. The molecule has 1 aliphatic rings. The molecule has 1 unspecified atom stereocenters. The summed E-state index contributed by atoms with van der Waals surface area (Å²) >= 11 is 0. The average Bonchev–Trinajstić information content (AvgIpc) is 3.06. The highest BCUT2D eigenvalue weighted by Crippen LogP contribution is 2.29. The highest BCUT2D eigenvalue weighted by atomic mass is 16.5. The minimum atomic E-state index is -0.930. The van der Waals surface area contributed by atoms with E-state index >= 15 is 0 Å². The van der Waals surface area contributed by atoms with E-state index in [1.165, 1.54) is 0 Å². The predicted molar refractivity (Wildman–Crippen MR) is 90.1 cm³/mol. The van der Waals surface area contributed by atoms with Crippen LogP contribution in [0.5, 0.6) is 0 Å². The van der Waals surface area contributed by atoms with E-state index in [1.807, 2.05) is 30.6 Å². The van der Waals surface area contributed by atoms with Crippen molar-refractivity contribution in [3.05, 3.63) is 54.0 Å². The summed E-state index contributed by atoms with van der Waals surface area (Å²) in [4.78, 5) is 18.7. The Balaban J connectivity index is 1.66. The molecular weight excluding hydrogens is 306 g/mol. The van der Waals surface area contributed by atoms with Gasteiger partial charge in [-0.3, -0.25) is 4.98 Å². The molecule has 0 spiro atoms. The number of aromatic carboxylic acids is 1. The van der Waals surface area contributed by atoms with Gasteiger partial charge in [-0.25, -0.2) is 4.79 Å². The summed E-state index contributed by atoms with van der Waals surface area (Å²) in [5.41, 5.74) is 3.97. The molecule has 6 nitrogen and oxygen atoms in total. The molecule has 0 radical (unpaired) electrons. The maximum absolute atomic E-state index is 11.1. The van der Waals surface area contributed by atoms with Crippen LogP contribution in [-0.2, 0) is 4.74 Å². The monoisotopic (exact) mass is 323 g/mol. The largest absolute Gasteiger partial charge is 0.478 e. The first-order valence-electron chi connectivity index (χ1n) is 7.85. The normalized spacial score (nSPS) is 17.9. The Labute approximate surface area is 138 Å². The minimum Gasteiger partial charge on any atom is -0.478 e. The quantitative estimate of drug-likeness (QED) is 0.689. The van der Waals surface area contributed by atoms with Gasteiger partial charge in [-0.1, -0.05) is 12.1 Å². The van der Waals surface area contributed by atoms with Crippen LogP contribution in [0, 0.1) is 0 Å². The van der Waals surface area contributed by atoms with Crippen molar-refractivity contribution < 1.29 is 14.6 Å². The van der Waals surface area contributed by atoms with Gasteiger partial charge in [0.2, 0.25) is 0 Å². The zero-order valence-electron chi connectivity index (χ0n) is 13.0. The zero-order chi connectivity index (χ0) is 16.5. The van der Waals surface area contributed by atoms with Gasteiger partial charge < -0.3 is 20.1 Å². The summed E-state index contributed by atoms with van der Waals surface area (Å²) in [5.74, 6) is -0.930. The maximum Gasteiger partial charge on any atom is 0.335 e. The first-order chi connectivity index (χ1) is 11.7. The Kier molecular flexibility index (Phi) is 3.76. The SMILES string of the molecule is O=C(O)c1ccc2c(-c3ccc(C4CNCCO4)nc3)c[nH]c2c1. The molecule has 1 saturated heterocycles. The van der Waals surface area contributed by atoms with Gasteiger partial charge >= 0.3 is 5.97 Å². The van der Waals surface area contributed by atoms with Crippen LogP contribution in [-0.4, -0.2) is 40.7 Å².